The third-order valence-corrected chi connectivity index (χ3v) is 3.18. The summed E-state index contributed by atoms with van der Waals surface area (Å²) >= 11 is 0. The number of carbonyl (C=O) groups is 1. The molecule has 1 aromatic heterocycles. The first kappa shape index (κ1) is 14.2. The Bertz CT molecular complexity index is 615. The van der Waals surface area contributed by atoms with Crippen molar-refractivity contribution in [3.63, 3.8) is 0 Å². The van der Waals surface area contributed by atoms with Gasteiger partial charge in [-0.25, -0.2) is 8.78 Å². The number of carbonyl (C=O) groups excluding carboxylic acids is 1. The molecular weight excluding hydrogens is 262 g/mol. The van der Waals surface area contributed by atoms with Gasteiger partial charge in [0.1, 0.15) is 11.6 Å². The Kier molecular flexibility index (Phi) is 4.17. The first-order valence-electron chi connectivity index (χ1n) is 6.35. The van der Waals surface area contributed by atoms with Crippen LogP contribution in [0.4, 0.5) is 14.5 Å². The van der Waals surface area contributed by atoms with Gasteiger partial charge in [0.15, 0.2) is 0 Å². The van der Waals surface area contributed by atoms with Gasteiger partial charge < -0.3 is 9.88 Å². The fraction of sp³-hybridized carbons (Fsp3) is 0.267. The van der Waals surface area contributed by atoms with Gasteiger partial charge in [0.05, 0.1) is 5.69 Å². The lowest BCUT2D eigenvalue weighted by molar-refractivity contribution is -0.116. The third kappa shape index (κ3) is 3.23. The number of aryl methyl sites for hydroxylation is 2. The molecule has 0 unspecified atom stereocenters. The van der Waals surface area contributed by atoms with E-state index in [0.717, 1.165) is 23.5 Å². The minimum Gasteiger partial charge on any atom is -0.349 e. The Labute approximate surface area is 116 Å². The summed E-state index contributed by atoms with van der Waals surface area (Å²) in [6, 6.07) is 7.03. The molecule has 0 saturated heterocycles. The third-order valence-electron chi connectivity index (χ3n) is 3.18. The molecule has 0 aliphatic heterocycles. The van der Waals surface area contributed by atoms with Crippen LogP contribution in [0, 0.1) is 25.5 Å². The first-order valence-corrected chi connectivity index (χ1v) is 6.35. The van der Waals surface area contributed by atoms with Gasteiger partial charge in [-0.05, 0) is 38.1 Å². The van der Waals surface area contributed by atoms with Crippen LogP contribution in [0.15, 0.2) is 30.3 Å². The van der Waals surface area contributed by atoms with E-state index >= 15 is 0 Å². The topological polar surface area (TPSA) is 34.0 Å². The maximum Gasteiger partial charge on any atom is 0.226 e. The number of benzene rings is 1. The quantitative estimate of drug-likeness (QED) is 0.913. The van der Waals surface area contributed by atoms with Crippen LogP contribution in [0.3, 0.4) is 0 Å². The van der Waals surface area contributed by atoms with Crippen molar-refractivity contribution in [1.29, 1.82) is 0 Å². The maximum absolute atomic E-state index is 13.4. The Morgan fingerprint density at radius 3 is 2.40 bits per heavy atom. The van der Waals surface area contributed by atoms with Gasteiger partial charge in [0, 0.05) is 30.4 Å². The molecule has 20 heavy (non-hydrogen) atoms. The smallest absolute Gasteiger partial charge is 0.226 e. The predicted molar refractivity (Wildman–Crippen MR) is 73.5 cm³/mol. The van der Waals surface area contributed by atoms with Crippen LogP contribution in [0.5, 0.6) is 0 Å². The lowest BCUT2D eigenvalue weighted by Crippen LogP contribution is -2.16. The van der Waals surface area contributed by atoms with Gasteiger partial charge in [-0.3, -0.25) is 4.79 Å². The van der Waals surface area contributed by atoms with Crippen molar-refractivity contribution in [2.75, 3.05) is 5.32 Å². The van der Waals surface area contributed by atoms with Gasteiger partial charge in [-0.1, -0.05) is 0 Å². The zero-order valence-corrected chi connectivity index (χ0v) is 11.4. The lowest BCUT2D eigenvalue weighted by atomic mass is 10.2. The number of nitrogens with one attached hydrogen (secondary N) is 1. The molecule has 0 radical (unpaired) electrons. The number of hydrogen-bond acceptors (Lipinski definition) is 1. The van der Waals surface area contributed by atoms with Crippen molar-refractivity contribution < 1.29 is 13.6 Å². The number of nitrogens with zero attached hydrogens (tertiary/aromatic N) is 1. The van der Waals surface area contributed by atoms with Gasteiger partial charge >= 0.3 is 0 Å². The van der Waals surface area contributed by atoms with Crippen molar-refractivity contribution >= 4 is 11.6 Å². The largest absolute Gasteiger partial charge is 0.349 e. The molecule has 1 N–H and O–H groups in total. The van der Waals surface area contributed by atoms with Crippen LogP contribution in [-0.2, 0) is 11.3 Å². The number of amides is 1. The Morgan fingerprint density at radius 2 is 1.80 bits per heavy atom. The molecule has 3 nitrogen and oxygen atoms in total. The van der Waals surface area contributed by atoms with E-state index in [1.54, 1.807) is 0 Å². The zero-order valence-electron chi connectivity index (χ0n) is 11.4. The van der Waals surface area contributed by atoms with Crippen LogP contribution in [-0.4, -0.2) is 10.5 Å². The highest BCUT2D eigenvalue weighted by Gasteiger charge is 2.09. The highest BCUT2D eigenvalue weighted by atomic mass is 19.1. The Morgan fingerprint density at radius 1 is 1.15 bits per heavy atom. The van der Waals surface area contributed by atoms with Crippen molar-refractivity contribution in [3.8, 4) is 0 Å². The minimum atomic E-state index is -0.772. The molecule has 1 amide bonds. The molecule has 2 aromatic rings. The van der Waals surface area contributed by atoms with E-state index in [-0.39, 0.29) is 18.0 Å². The predicted octanol–water partition coefficient (Wildman–Crippen LogP) is 3.41. The second kappa shape index (κ2) is 5.86. The second-order valence-corrected chi connectivity index (χ2v) is 4.69. The van der Waals surface area contributed by atoms with E-state index in [2.05, 4.69) is 5.32 Å². The minimum absolute atomic E-state index is 0.00245. The van der Waals surface area contributed by atoms with Crippen molar-refractivity contribution in [3.05, 3.63) is 53.4 Å². The van der Waals surface area contributed by atoms with Gasteiger partial charge in [0.25, 0.3) is 0 Å². The molecule has 5 heteroatoms. The summed E-state index contributed by atoms with van der Waals surface area (Å²) in [4.78, 5) is 11.8. The normalized spacial score (nSPS) is 10.6. The molecule has 0 fully saturated rings. The highest BCUT2D eigenvalue weighted by molar-refractivity contribution is 5.90. The lowest BCUT2D eigenvalue weighted by Gasteiger charge is -2.10. The van der Waals surface area contributed by atoms with Crippen molar-refractivity contribution in [1.82, 2.24) is 4.57 Å². The van der Waals surface area contributed by atoms with E-state index in [1.807, 2.05) is 30.5 Å². The molecule has 0 bridgehead atoms. The van der Waals surface area contributed by atoms with E-state index in [0.29, 0.717) is 6.54 Å². The fourth-order valence-electron chi connectivity index (χ4n) is 2.07. The summed E-state index contributed by atoms with van der Waals surface area (Å²) in [5.41, 5.74) is 2.14. The Hall–Kier alpha value is -2.17. The fourth-order valence-corrected chi connectivity index (χ4v) is 2.07. The van der Waals surface area contributed by atoms with Crippen LogP contribution in [0.1, 0.15) is 17.8 Å². The van der Waals surface area contributed by atoms with E-state index in [1.165, 1.54) is 6.07 Å². The van der Waals surface area contributed by atoms with Crippen LogP contribution in [0.25, 0.3) is 0 Å². The van der Waals surface area contributed by atoms with Gasteiger partial charge in [-0.15, -0.1) is 0 Å². The molecular formula is C15H16F2N2O. The molecule has 0 atom stereocenters. The van der Waals surface area contributed by atoms with Gasteiger partial charge in [-0.2, -0.15) is 0 Å². The molecule has 0 saturated carbocycles. The summed E-state index contributed by atoms with van der Waals surface area (Å²) in [5, 5.41) is 2.44. The summed E-state index contributed by atoms with van der Waals surface area (Å²) in [6.45, 7) is 4.45. The molecule has 0 spiro atoms. The summed E-state index contributed by atoms with van der Waals surface area (Å²) < 4.78 is 28.2. The number of hydrogen-bond donors (Lipinski definition) is 1. The van der Waals surface area contributed by atoms with Crippen LogP contribution < -0.4 is 5.32 Å². The second-order valence-electron chi connectivity index (χ2n) is 4.69. The first-order chi connectivity index (χ1) is 9.47. The van der Waals surface area contributed by atoms with E-state index in [9.17, 15) is 13.6 Å². The van der Waals surface area contributed by atoms with Gasteiger partial charge in [0.2, 0.25) is 5.91 Å². The van der Waals surface area contributed by atoms with Crippen LogP contribution in [0.2, 0.25) is 0 Å². The molecule has 0 aliphatic carbocycles. The zero-order chi connectivity index (χ0) is 14.7. The van der Waals surface area contributed by atoms with E-state index in [4.69, 9.17) is 0 Å². The Balaban J connectivity index is 1.96. The van der Waals surface area contributed by atoms with Crippen molar-refractivity contribution in [2.45, 2.75) is 26.8 Å². The molecule has 1 heterocycles. The molecule has 0 aliphatic rings. The highest BCUT2D eigenvalue weighted by Crippen LogP contribution is 2.15. The van der Waals surface area contributed by atoms with E-state index < -0.39 is 11.6 Å². The average Bonchev–Trinajstić information content (AvgIpc) is 2.70. The monoisotopic (exact) mass is 278 g/mol. The SMILES string of the molecule is Cc1ccc(C)n1CCC(=O)Nc1ccc(F)cc1F. The summed E-state index contributed by atoms with van der Waals surface area (Å²) in [7, 11) is 0. The number of rotatable bonds is 4. The molecule has 106 valence electrons. The van der Waals surface area contributed by atoms with Crippen molar-refractivity contribution in [2.24, 2.45) is 0 Å². The molecule has 1 aromatic carbocycles. The average molecular weight is 278 g/mol. The number of anilines is 1. The maximum atomic E-state index is 13.4. The number of aromatic nitrogens is 1. The molecule has 2 rings (SSSR count). The summed E-state index contributed by atoms with van der Waals surface area (Å²) in [6.07, 6.45) is 0.229. The number of halogens is 2. The standard InChI is InChI=1S/C15H16F2N2O/c1-10-3-4-11(2)19(10)8-7-15(20)18-14-6-5-12(16)9-13(14)17/h3-6,9H,7-8H2,1-2H3,(H,18,20). The van der Waals surface area contributed by atoms with Crippen LogP contribution >= 0.6 is 0 Å². The summed E-state index contributed by atoms with van der Waals surface area (Å²) in [5.74, 6) is -1.74.